The Morgan fingerprint density at radius 2 is 1.68 bits per heavy atom. The molecule has 1 unspecified atom stereocenters. The molecule has 1 N–H and O–H groups in total. The average Bonchev–Trinajstić information content (AvgIpc) is 2.75. The Morgan fingerprint density at radius 3 is 2.36 bits per heavy atom. The highest BCUT2D eigenvalue weighted by molar-refractivity contribution is 6.31. The summed E-state index contributed by atoms with van der Waals surface area (Å²) in [6.45, 7) is 1.88. The summed E-state index contributed by atoms with van der Waals surface area (Å²) in [7, 11) is 0. The number of halogens is 1. The van der Waals surface area contributed by atoms with Gasteiger partial charge in [-0.15, -0.1) is 0 Å². The number of urea groups is 1. The molecular weight excluding hydrogens is 300 g/mol. The van der Waals surface area contributed by atoms with Gasteiger partial charge in [-0.2, -0.15) is 0 Å². The van der Waals surface area contributed by atoms with Gasteiger partial charge in [-0.25, -0.2) is 4.79 Å². The van der Waals surface area contributed by atoms with E-state index in [0.29, 0.717) is 5.02 Å². The summed E-state index contributed by atoms with van der Waals surface area (Å²) in [4.78, 5) is 26.2. The van der Waals surface area contributed by atoms with E-state index in [1.165, 1.54) is 4.90 Å². The quantitative estimate of drug-likeness (QED) is 0.884. The third-order valence-corrected chi connectivity index (χ3v) is 4.28. The van der Waals surface area contributed by atoms with Gasteiger partial charge in [0.2, 0.25) is 0 Å². The molecule has 5 heteroatoms. The first-order valence-corrected chi connectivity index (χ1v) is 7.33. The van der Waals surface area contributed by atoms with Crippen molar-refractivity contribution in [3.05, 3.63) is 70.7 Å². The molecule has 1 saturated heterocycles. The Kier molecular flexibility index (Phi) is 3.62. The first kappa shape index (κ1) is 14.6. The van der Waals surface area contributed by atoms with Gasteiger partial charge in [0, 0.05) is 5.02 Å². The van der Waals surface area contributed by atoms with E-state index in [1.807, 2.05) is 42.5 Å². The summed E-state index contributed by atoms with van der Waals surface area (Å²) in [6.07, 6.45) is 0. The van der Waals surface area contributed by atoms with Gasteiger partial charge in [0.15, 0.2) is 0 Å². The zero-order valence-electron chi connectivity index (χ0n) is 12.0. The number of carbonyl (C=O) groups excluding carboxylic acids is 2. The maximum absolute atomic E-state index is 12.8. The molecule has 0 saturated carbocycles. The van der Waals surface area contributed by atoms with E-state index in [0.717, 1.165) is 11.1 Å². The Bertz CT molecular complexity index is 732. The van der Waals surface area contributed by atoms with Crippen LogP contribution in [0.3, 0.4) is 0 Å². The molecular formula is C17H15ClN2O2. The van der Waals surface area contributed by atoms with Crippen LogP contribution in [-0.4, -0.2) is 16.8 Å². The van der Waals surface area contributed by atoms with E-state index in [4.69, 9.17) is 11.6 Å². The van der Waals surface area contributed by atoms with Gasteiger partial charge < -0.3 is 5.32 Å². The lowest BCUT2D eigenvalue weighted by Gasteiger charge is -2.22. The fraction of sp³-hybridized carbons (Fsp3) is 0.176. The summed E-state index contributed by atoms with van der Waals surface area (Å²) >= 11 is 6.12. The molecule has 112 valence electrons. The van der Waals surface area contributed by atoms with Gasteiger partial charge >= 0.3 is 6.03 Å². The lowest BCUT2D eigenvalue weighted by molar-refractivity contribution is -0.131. The second-order valence-electron chi connectivity index (χ2n) is 5.40. The van der Waals surface area contributed by atoms with Gasteiger partial charge in [-0.05, 0) is 24.1 Å². The van der Waals surface area contributed by atoms with Crippen LogP contribution in [0.25, 0.3) is 0 Å². The highest BCUT2D eigenvalue weighted by Crippen LogP contribution is 2.30. The molecule has 1 atom stereocenters. The normalized spacial score (nSPS) is 21.1. The lowest BCUT2D eigenvalue weighted by Crippen LogP contribution is -2.40. The number of hydrogen-bond donors (Lipinski definition) is 1. The van der Waals surface area contributed by atoms with Gasteiger partial charge in [0.1, 0.15) is 5.54 Å². The Morgan fingerprint density at radius 1 is 1.05 bits per heavy atom. The molecule has 1 heterocycles. The molecule has 0 bridgehead atoms. The molecule has 3 rings (SSSR count). The second-order valence-corrected chi connectivity index (χ2v) is 5.81. The highest BCUT2D eigenvalue weighted by Gasteiger charge is 2.48. The Balaban J connectivity index is 1.91. The second kappa shape index (κ2) is 5.46. The topological polar surface area (TPSA) is 49.4 Å². The van der Waals surface area contributed by atoms with Crippen molar-refractivity contribution in [3.8, 4) is 0 Å². The van der Waals surface area contributed by atoms with Crippen LogP contribution in [0.15, 0.2) is 54.6 Å². The van der Waals surface area contributed by atoms with Crippen molar-refractivity contribution >= 4 is 23.5 Å². The van der Waals surface area contributed by atoms with Crippen molar-refractivity contribution in [3.63, 3.8) is 0 Å². The van der Waals surface area contributed by atoms with Gasteiger partial charge in [-0.1, -0.05) is 60.1 Å². The van der Waals surface area contributed by atoms with Crippen molar-refractivity contribution in [1.29, 1.82) is 0 Å². The van der Waals surface area contributed by atoms with Crippen molar-refractivity contribution in [2.24, 2.45) is 0 Å². The molecule has 0 aromatic heterocycles. The first-order chi connectivity index (χ1) is 10.5. The monoisotopic (exact) mass is 314 g/mol. The highest BCUT2D eigenvalue weighted by atomic mass is 35.5. The smallest absolute Gasteiger partial charge is 0.319 e. The average molecular weight is 315 g/mol. The minimum atomic E-state index is -1.04. The van der Waals surface area contributed by atoms with Crippen LogP contribution in [0.1, 0.15) is 18.1 Å². The summed E-state index contributed by atoms with van der Waals surface area (Å²) < 4.78 is 0. The molecule has 2 aromatic rings. The lowest BCUT2D eigenvalue weighted by atomic mass is 9.92. The third kappa shape index (κ3) is 2.35. The van der Waals surface area contributed by atoms with Gasteiger partial charge in [0.05, 0.1) is 6.54 Å². The molecule has 22 heavy (non-hydrogen) atoms. The molecule has 3 amide bonds. The molecule has 1 aliphatic rings. The van der Waals surface area contributed by atoms with Crippen molar-refractivity contribution in [2.75, 3.05) is 0 Å². The zero-order chi connectivity index (χ0) is 15.7. The van der Waals surface area contributed by atoms with E-state index in [1.54, 1.807) is 19.1 Å². The summed E-state index contributed by atoms with van der Waals surface area (Å²) in [5, 5.41) is 3.32. The van der Waals surface area contributed by atoms with E-state index in [9.17, 15) is 9.59 Å². The van der Waals surface area contributed by atoms with Gasteiger partial charge in [-0.3, -0.25) is 9.69 Å². The Labute approximate surface area is 133 Å². The number of carbonyl (C=O) groups is 2. The predicted octanol–water partition coefficient (Wildman–Crippen LogP) is 3.31. The fourth-order valence-electron chi connectivity index (χ4n) is 2.60. The third-order valence-electron chi connectivity index (χ3n) is 3.91. The molecule has 0 spiro atoms. The predicted molar refractivity (Wildman–Crippen MR) is 84.3 cm³/mol. The minimum absolute atomic E-state index is 0.159. The van der Waals surface area contributed by atoms with E-state index in [2.05, 4.69) is 5.32 Å². The van der Waals surface area contributed by atoms with Crippen LogP contribution >= 0.6 is 11.6 Å². The molecule has 4 nitrogen and oxygen atoms in total. The van der Waals surface area contributed by atoms with Crippen LogP contribution < -0.4 is 5.32 Å². The first-order valence-electron chi connectivity index (χ1n) is 6.95. The molecule has 1 aliphatic heterocycles. The summed E-state index contributed by atoms with van der Waals surface area (Å²) in [5.41, 5.74) is 0.458. The number of amides is 3. The number of hydrogen-bond acceptors (Lipinski definition) is 2. The fourth-order valence-corrected chi connectivity index (χ4v) is 2.80. The SMILES string of the molecule is CC1(c2ccccc2)NC(=O)N(Cc2ccccc2Cl)C1=O. The van der Waals surface area contributed by atoms with Crippen molar-refractivity contribution in [2.45, 2.75) is 19.0 Å². The van der Waals surface area contributed by atoms with Crippen LogP contribution in [0.2, 0.25) is 5.02 Å². The van der Waals surface area contributed by atoms with Crippen LogP contribution in [0.4, 0.5) is 4.79 Å². The number of rotatable bonds is 3. The van der Waals surface area contributed by atoms with Crippen LogP contribution in [0, 0.1) is 0 Å². The molecule has 1 fully saturated rings. The zero-order valence-corrected chi connectivity index (χ0v) is 12.8. The van der Waals surface area contributed by atoms with Crippen LogP contribution in [-0.2, 0) is 16.9 Å². The van der Waals surface area contributed by atoms with Crippen LogP contribution in [0.5, 0.6) is 0 Å². The Hall–Kier alpha value is -2.33. The molecule has 0 aliphatic carbocycles. The number of benzene rings is 2. The maximum Gasteiger partial charge on any atom is 0.325 e. The molecule has 0 radical (unpaired) electrons. The summed E-state index contributed by atoms with van der Waals surface area (Å²) in [5.74, 6) is -0.274. The van der Waals surface area contributed by atoms with E-state index < -0.39 is 11.6 Å². The van der Waals surface area contributed by atoms with Crippen molar-refractivity contribution in [1.82, 2.24) is 10.2 Å². The number of nitrogens with zero attached hydrogens (tertiary/aromatic N) is 1. The van der Waals surface area contributed by atoms with E-state index in [-0.39, 0.29) is 12.5 Å². The maximum atomic E-state index is 12.8. The summed E-state index contributed by atoms with van der Waals surface area (Å²) in [6, 6.07) is 16.0. The minimum Gasteiger partial charge on any atom is -0.319 e. The number of imide groups is 1. The van der Waals surface area contributed by atoms with Gasteiger partial charge in [0.25, 0.3) is 5.91 Å². The largest absolute Gasteiger partial charge is 0.325 e. The van der Waals surface area contributed by atoms with E-state index >= 15 is 0 Å². The number of nitrogens with one attached hydrogen (secondary N) is 1. The molecule has 2 aromatic carbocycles. The van der Waals surface area contributed by atoms with Crippen molar-refractivity contribution < 1.29 is 9.59 Å². The standard InChI is InChI=1S/C17H15ClN2O2/c1-17(13-8-3-2-4-9-13)15(21)20(16(22)19-17)11-12-7-5-6-10-14(12)18/h2-10H,11H2,1H3,(H,19,22).